The van der Waals surface area contributed by atoms with Crippen molar-refractivity contribution < 1.29 is 4.42 Å². The van der Waals surface area contributed by atoms with Crippen LogP contribution in [-0.2, 0) is 21.7 Å². The molecule has 3 aliphatic rings. The van der Waals surface area contributed by atoms with Gasteiger partial charge in [-0.25, -0.2) is 0 Å². The highest BCUT2D eigenvalue weighted by Gasteiger charge is 2.42. The van der Waals surface area contributed by atoms with Gasteiger partial charge in [-0.05, 0) is 170 Å². The van der Waals surface area contributed by atoms with Crippen molar-refractivity contribution in [3.05, 3.63) is 186 Å². The van der Waals surface area contributed by atoms with Gasteiger partial charge in [-0.15, -0.1) is 0 Å². The van der Waals surface area contributed by atoms with Crippen LogP contribution in [0.5, 0.6) is 0 Å². The zero-order chi connectivity index (χ0) is 47.6. The van der Waals surface area contributed by atoms with Crippen LogP contribution in [0.15, 0.2) is 162 Å². The van der Waals surface area contributed by atoms with Gasteiger partial charge in [-0.3, -0.25) is 0 Å². The van der Waals surface area contributed by atoms with E-state index < -0.39 is 0 Å². The summed E-state index contributed by atoms with van der Waals surface area (Å²) >= 11 is 0. The van der Waals surface area contributed by atoms with Crippen molar-refractivity contribution in [3.63, 3.8) is 0 Å². The van der Waals surface area contributed by atoms with Gasteiger partial charge in [0, 0.05) is 33.7 Å². The molecule has 8 aromatic carbocycles. The van der Waals surface area contributed by atoms with Gasteiger partial charge in [0.2, 0.25) is 0 Å². The van der Waals surface area contributed by atoms with Crippen LogP contribution in [0.2, 0.25) is 0 Å². The number of nitrogens with one attached hydrogen (secondary N) is 1. The Bertz CT molecular complexity index is 3500. The standard InChI is InChI=1S/C65H62BN2O/c1-40-34-44(42-20-14-11-15-21-42)26-29-55(40)68-56-39-52-50(63(4,5)31-33-65(52,8)9)37-53(56)66-60-48(36-58-59(61(60)68)46-22-16-17-23-57(46)69-58)47-35-49-51(64(6,7)32-30-62(49,2)3)38-54(47)67-45-27-24-43(25-28-45)41-18-12-10-13-19-41/h10-29,34-39,67H,30-33H2,1-9H3. The minimum absolute atomic E-state index is 0.00357. The third-order valence-electron chi connectivity index (χ3n) is 16.5. The van der Waals surface area contributed by atoms with Crippen LogP contribution in [0.4, 0.5) is 28.4 Å². The fourth-order valence-corrected chi connectivity index (χ4v) is 12.1. The fraction of sp³-hybridized carbons (Fsp3) is 0.262. The van der Waals surface area contributed by atoms with Gasteiger partial charge in [0.05, 0.1) is 11.1 Å². The summed E-state index contributed by atoms with van der Waals surface area (Å²) in [5, 5.41) is 6.31. The van der Waals surface area contributed by atoms with E-state index in [-0.39, 0.29) is 21.7 Å². The molecule has 0 fully saturated rings. The molecule has 0 amide bonds. The maximum Gasteiger partial charge on any atom is 0.197 e. The van der Waals surface area contributed by atoms with Crippen LogP contribution in [0, 0.1) is 6.92 Å². The molecular formula is C65H62BN2O. The molecule has 1 radical (unpaired) electrons. The second kappa shape index (κ2) is 15.6. The van der Waals surface area contributed by atoms with Gasteiger partial charge in [0.25, 0.3) is 0 Å². The first kappa shape index (κ1) is 43.5. The van der Waals surface area contributed by atoms with E-state index in [0.29, 0.717) is 0 Å². The third kappa shape index (κ3) is 7.16. The predicted molar refractivity (Wildman–Crippen MR) is 295 cm³/mol. The molecule has 3 nitrogen and oxygen atoms in total. The Balaban J connectivity index is 1.16. The maximum atomic E-state index is 7.05. The number of hydrogen-bond donors (Lipinski definition) is 1. The number of furan rings is 1. The van der Waals surface area contributed by atoms with Gasteiger partial charge in [-0.1, -0.05) is 164 Å². The lowest BCUT2D eigenvalue weighted by Gasteiger charge is -2.45. The van der Waals surface area contributed by atoms with Crippen molar-refractivity contribution in [1.82, 2.24) is 0 Å². The Morgan fingerprint density at radius 3 is 1.65 bits per heavy atom. The zero-order valence-electron chi connectivity index (χ0n) is 41.8. The average molecular weight is 898 g/mol. The van der Waals surface area contributed by atoms with Crippen LogP contribution < -0.4 is 21.1 Å². The molecule has 12 rings (SSSR count). The van der Waals surface area contributed by atoms with Gasteiger partial charge < -0.3 is 14.6 Å². The predicted octanol–water partition coefficient (Wildman–Crippen LogP) is 16.8. The van der Waals surface area contributed by atoms with E-state index in [1.54, 1.807) is 0 Å². The van der Waals surface area contributed by atoms with Crippen molar-refractivity contribution in [3.8, 4) is 33.4 Å². The smallest absolute Gasteiger partial charge is 0.197 e. The molecule has 0 bridgehead atoms. The summed E-state index contributed by atoms with van der Waals surface area (Å²) in [7, 11) is 2.52. The molecule has 1 aromatic heterocycles. The molecule has 4 heteroatoms. The minimum Gasteiger partial charge on any atom is -0.456 e. The summed E-state index contributed by atoms with van der Waals surface area (Å²) in [4.78, 5) is 2.61. The monoisotopic (exact) mass is 897 g/mol. The molecule has 341 valence electrons. The molecule has 0 atom stereocenters. The minimum atomic E-state index is -0.00357. The molecule has 2 heterocycles. The van der Waals surface area contributed by atoms with Gasteiger partial charge in [0.1, 0.15) is 11.2 Å². The number of fused-ring (bicyclic) bond motifs is 8. The summed E-state index contributed by atoms with van der Waals surface area (Å²) in [6.45, 7) is 21.8. The molecule has 9 aromatic rings. The van der Waals surface area contributed by atoms with E-state index in [0.717, 1.165) is 64.6 Å². The van der Waals surface area contributed by atoms with E-state index in [9.17, 15) is 0 Å². The third-order valence-corrected chi connectivity index (χ3v) is 16.5. The second-order valence-electron chi connectivity index (χ2n) is 23.0. The Hall–Kier alpha value is -6.78. The van der Waals surface area contributed by atoms with E-state index in [1.165, 1.54) is 83.6 Å². The molecule has 1 aliphatic heterocycles. The SMILES string of the molecule is Cc1cc(-c2ccccc2)ccc1N1c2cc3c(cc2[B]c2c(-c4cc5c(cc4Nc4ccc(-c6ccccc6)cc4)C(C)(C)CCC5(C)C)cc4oc5ccccc5c4c21)C(C)(C)CCC3(C)C. The molecule has 69 heavy (non-hydrogen) atoms. The zero-order valence-corrected chi connectivity index (χ0v) is 41.8. The van der Waals surface area contributed by atoms with Crippen molar-refractivity contribution in [2.24, 2.45) is 0 Å². The Kier molecular flexibility index (Phi) is 9.85. The van der Waals surface area contributed by atoms with Crippen LogP contribution in [0.1, 0.15) is 109 Å². The molecular weight excluding hydrogens is 836 g/mol. The number of para-hydroxylation sites is 1. The number of benzene rings is 8. The summed E-state index contributed by atoms with van der Waals surface area (Å²) < 4.78 is 7.05. The van der Waals surface area contributed by atoms with E-state index in [2.05, 4.69) is 238 Å². The van der Waals surface area contributed by atoms with Crippen LogP contribution in [0.25, 0.3) is 55.3 Å². The first-order valence-electron chi connectivity index (χ1n) is 25.2. The van der Waals surface area contributed by atoms with Gasteiger partial charge >= 0.3 is 0 Å². The maximum absolute atomic E-state index is 7.05. The Morgan fingerprint density at radius 2 is 1.01 bits per heavy atom. The molecule has 0 unspecified atom stereocenters. The number of anilines is 5. The lowest BCUT2D eigenvalue weighted by Crippen LogP contribution is -2.44. The first-order chi connectivity index (χ1) is 33.1. The number of rotatable bonds is 6. The number of nitrogens with zero attached hydrogens (tertiary/aromatic N) is 1. The van der Waals surface area contributed by atoms with Crippen LogP contribution in [-0.4, -0.2) is 7.28 Å². The molecule has 0 saturated carbocycles. The second-order valence-corrected chi connectivity index (χ2v) is 23.0. The van der Waals surface area contributed by atoms with E-state index in [4.69, 9.17) is 4.42 Å². The quantitative estimate of drug-likeness (QED) is 0.169. The highest BCUT2D eigenvalue weighted by atomic mass is 16.3. The largest absolute Gasteiger partial charge is 0.456 e. The van der Waals surface area contributed by atoms with Crippen molar-refractivity contribution in [2.45, 2.75) is 110 Å². The van der Waals surface area contributed by atoms with Gasteiger partial charge in [0.15, 0.2) is 7.28 Å². The summed E-state index contributed by atoms with van der Waals surface area (Å²) in [5.74, 6) is 0. The molecule has 1 N–H and O–H groups in total. The van der Waals surface area contributed by atoms with Crippen LogP contribution in [0.3, 0.4) is 0 Å². The topological polar surface area (TPSA) is 28.4 Å². The molecule has 0 saturated heterocycles. The summed E-state index contributed by atoms with van der Waals surface area (Å²) in [5.41, 5.74) is 24.2. The van der Waals surface area contributed by atoms with E-state index in [1.807, 2.05) is 0 Å². The number of hydrogen-bond acceptors (Lipinski definition) is 3. The lowest BCUT2D eigenvalue weighted by molar-refractivity contribution is 0.332. The summed E-state index contributed by atoms with van der Waals surface area (Å²) in [6.07, 6.45) is 4.57. The Labute approximate surface area is 409 Å². The van der Waals surface area contributed by atoms with Gasteiger partial charge in [-0.2, -0.15) is 0 Å². The van der Waals surface area contributed by atoms with E-state index >= 15 is 0 Å². The van der Waals surface area contributed by atoms with Crippen molar-refractivity contribution in [2.75, 3.05) is 10.2 Å². The fourth-order valence-electron chi connectivity index (χ4n) is 12.1. The normalized spacial score (nSPS) is 17.1. The molecule has 2 aliphatic carbocycles. The number of aryl methyl sites for hydroxylation is 1. The van der Waals surface area contributed by atoms with Crippen LogP contribution >= 0.6 is 0 Å². The highest BCUT2D eigenvalue weighted by molar-refractivity contribution is 6.74. The average Bonchev–Trinajstić information content (AvgIpc) is 3.72. The van der Waals surface area contributed by atoms with Crippen molar-refractivity contribution >= 4 is 68.6 Å². The highest BCUT2D eigenvalue weighted by Crippen LogP contribution is 2.53. The first-order valence-corrected chi connectivity index (χ1v) is 25.2. The summed E-state index contributed by atoms with van der Waals surface area (Å²) in [6, 6.07) is 58.6. The Morgan fingerprint density at radius 1 is 0.478 bits per heavy atom. The lowest BCUT2D eigenvalue weighted by atomic mass is 9.54. The van der Waals surface area contributed by atoms with Crippen molar-refractivity contribution in [1.29, 1.82) is 0 Å². The molecule has 0 spiro atoms.